The molecule has 3 aromatic heterocycles. The number of ether oxygens (including phenoxy) is 1. The summed E-state index contributed by atoms with van der Waals surface area (Å²) >= 11 is 1.18. The van der Waals surface area contributed by atoms with Crippen LogP contribution in [0, 0.1) is 6.92 Å². The van der Waals surface area contributed by atoms with Gasteiger partial charge >= 0.3 is 5.69 Å². The number of hydrogen-bond donors (Lipinski definition) is 1. The lowest BCUT2D eigenvalue weighted by atomic mass is 10.1. The number of methoxy groups -OCH3 is 1. The summed E-state index contributed by atoms with van der Waals surface area (Å²) in [7, 11) is 2.95. The van der Waals surface area contributed by atoms with Crippen molar-refractivity contribution in [3.05, 3.63) is 68.6 Å². The Hall–Kier alpha value is -3.73. The molecule has 0 amide bonds. The van der Waals surface area contributed by atoms with Gasteiger partial charge in [-0.2, -0.15) is 14.9 Å². The molecule has 0 bridgehead atoms. The fourth-order valence-corrected chi connectivity index (χ4v) is 4.50. The standard InChI is InChI=1S/C19H18N6O4S/c1-11-15-16(27)24(20-2)19(28)23(18(15)30-17(11)25-21-8-9-22-25)10-13(26)12-6-4-5-7-14(12)29-3/h4-9,20H,10H2,1-3H3. The number of benzene rings is 1. The molecule has 0 aliphatic heterocycles. The molecule has 10 nitrogen and oxygen atoms in total. The third-order valence-electron chi connectivity index (χ3n) is 4.72. The minimum absolute atomic E-state index is 0.260. The summed E-state index contributed by atoms with van der Waals surface area (Å²) in [6.07, 6.45) is 3.04. The van der Waals surface area contributed by atoms with E-state index < -0.39 is 11.2 Å². The first-order chi connectivity index (χ1) is 14.5. The lowest BCUT2D eigenvalue weighted by Crippen LogP contribution is -2.44. The summed E-state index contributed by atoms with van der Waals surface area (Å²) in [5, 5.41) is 9.16. The van der Waals surface area contributed by atoms with Gasteiger partial charge in [-0.15, -0.1) is 4.80 Å². The topological polar surface area (TPSA) is 113 Å². The normalized spacial score (nSPS) is 11.0. The molecular formula is C19H18N6O4S. The van der Waals surface area contributed by atoms with Crippen molar-refractivity contribution in [2.45, 2.75) is 13.5 Å². The van der Waals surface area contributed by atoms with Crippen LogP contribution in [-0.2, 0) is 6.54 Å². The number of nitrogens with one attached hydrogen (secondary N) is 1. The van der Waals surface area contributed by atoms with Crippen molar-refractivity contribution in [3.63, 3.8) is 0 Å². The number of carbonyl (C=O) groups is 1. The number of aromatic nitrogens is 5. The van der Waals surface area contributed by atoms with Gasteiger partial charge in [-0.05, 0) is 19.1 Å². The van der Waals surface area contributed by atoms with Gasteiger partial charge in [-0.3, -0.25) is 14.2 Å². The van der Waals surface area contributed by atoms with Gasteiger partial charge in [0.2, 0.25) is 0 Å². The van der Waals surface area contributed by atoms with Crippen molar-refractivity contribution in [2.75, 3.05) is 19.6 Å². The second kappa shape index (κ2) is 7.59. The monoisotopic (exact) mass is 426 g/mol. The second-order valence-corrected chi connectivity index (χ2v) is 7.36. The van der Waals surface area contributed by atoms with Crippen molar-refractivity contribution in [1.29, 1.82) is 0 Å². The fraction of sp³-hybridized carbons (Fsp3) is 0.211. The van der Waals surface area contributed by atoms with E-state index in [-0.39, 0.29) is 12.3 Å². The van der Waals surface area contributed by atoms with Crippen molar-refractivity contribution in [2.24, 2.45) is 0 Å². The molecule has 4 aromatic rings. The van der Waals surface area contributed by atoms with E-state index in [1.807, 2.05) is 0 Å². The molecule has 0 fully saturated rings. The Morgan fingerprint density at radius 3 is 2.57 bits per heavy atom. The van der Waals surface area contributed by atoms with Gasteiger partial charge in [0, 0.05) is 12.6 Å². The molecule has 3 heterocycles. The Labute approximate surface area is 173 Å². The number of thiophene rings is 1. The average Bonchev–Trinajstić information content (AvgIpc) is 3.39. The summed E-state index contributed by atoms with van der Waals surface area (Å²) in [5.41, 5.74) is 2.45. The third kappa shape index (κ3) is 2.99. The molecule has 4 rings (SSSR count). The smallest absolute Gasteiger partial charge is 0.351 e. The van der Waals surface area contributed by atoms with Crippen LogP contribution >= 0.6 is 11.3 Å². The Balaban J connectivity index is 1.95. The SMILES string of the molecule is CNn1c(=O)c2c(C)c(-n3nccn3)sc2n(CC(=O)c2ccccc2OC)c1=O. The maximum Gasteiger partial charge on any atom is 0.351 e. The first-order valence-corrected chi connectivity index (χ1v) is 9.79. The Kier molecular flexibility index (Phi) is 4.96. The minimum atomic E-state index is -0.639. The van der Waals surface area contributed by atoms with Gasteiger partial charge in [0.25, 0.3) is 5.56 Å². The zero-order valence-electron chi connectivity index (χ0n) is 16.4. The van der Waals surface area contributed by atoms with Crippen LogP contribution in [0.25, 0.3) is 15.2 Å². The molecule has 30 heavy (non-hydrogen) atoms. The number of carbonyl (C=O) groups excluding carboxylic acids is 1. The molecule has 0 aliphatic carbocycles. The molecule has 0 saturated heterocycles. The lowest BCUT2D eigenvalue weighted by Gasteiger charge is -2.12. The Morgan fingerprint density at radius 2 is 1.90 bits per heavy atom. The number of aryl methyl sites for hydroxylation is 1. The number of nitrogens with zero attached hydrogens (tertiary/aromatic N) is 5. The third-order valence-corrected chi connectivity index (χ3v) is 6.00. The van der Waals surface area contributed by atoms with E-state index in [0.29, 0.717) is 32.1 Å². The van der Waals surface area contributed by atoms with Gasteiger partial charge in [0.1, 0.15) is 15.6 Å². The van der Waals surface area contributed by atoms with Crippen LogP contribution in [0.4, 0.5) is 0 Å². The summed E-state index contributed by atoms with van der Waals surface area (Å²) in [6.45, 7) is 1.50. The van der Waals surface area contributed by atoms with Crippen molar-refractivity contribution < 1.29 is 9.53 Å². The number of rotatable bonds is 6. The maximum atomic E-state index is 13.0. The molecule has 0 unspecified atom stereocenters. The van der Waals surface area contributed by atoms with E-state index >= 15 is 0 Å². The van der Waals surface area contributed by atoms with E-state index in [0.717, 1.165) is 4.68 Å². The molecule has 154 valence electrons. The van der Waals surface area contributed by atoms with Gasteiger partial charge in [-0.1, -0.05) is 23.5 Å². The number of fused-ring (bicyclic) bond motifs is 1. The minimum Gasteiger partial charge on any atom is -0.496 e. The molecule has 1 aromatic carbocycles. The predicted molar refractivity (Wildman–Crippen MR) is 113 cm³/mol. The summed E-state index contributed by atoms with van der Waals surface area (Å²) in [6, 6.07) is 6.79. The summed E-state index contributed by atoms with van der Waals surface area (Å²) in [4.78, 5) is 40.7. The first kappa shape index (κ1) is 19.6. The Bertz CT molecular complexity index is 1370. The average molecular weight is 426 g/mol. The van der Waals surface area contributed by atoms with Crippen molar-refractivity contribution in [3.8, 4) is 10.8 Å². The fourth-order valence-electron chi connectivity index (χ4n) is 3.29. The van der Waals surface area contributed by atoms with Gasteiger partial charge in [-0.25, -0.2) is 4.79 Å². The van der Waals surface area contributed by atoms with Crippen LogP contribution in [0.3, 0.4) is 0 Å². The highest BCUT2D eigenvalue weighted by Gasteiger charge is 2.23. The number of hydrogen-bond acceptors (Lipinski definition) is 8. The largest absolute Gasteiger partial charge is 0.496 e. The first-order valence-electron chi connectivity index (χ1n) is 8.97. The molecule has 11 heteroatoms. The lowest BCUT2D eigenvalue weighted by molar-refractivity contribution is 0.0968. The van der Waals surface area contributed by atoms with E-state index in [4.69, 9.17) is 4.74 Å². The quantitative estimate of drug-likeness (QED) is 0.461. The molecular weight excluding hydrogens is 408 g/mol. The maximum absolute atomic E-state index is 13.0. The van der Waals surface area contributed by atoms with Gasteiger partial charge < -0.3 is 10.2 Å². The van der Waals surface area contributed by atoms with Crippen molar-refractivity contribution >= 4 is 27.3 Å². The van der Waals surface area contributed by atoms with E-state index in [1.54, 1.807) is 31.2 Å². The predicted octanol–water partition coefficient (Wildman–Crippen LogP) is 1.18. The molecule has 1 N–H and O–H groups in total. The van der Waals surface area contributed by atoms with Crippen LogP contribution in [0.2, 0.25) is 0 Å². The van der Waals surface area contributed by atoms with Crippen molar-refractivity contribution in [1.82, 2.24) is 24.2 Å². The van der Waals surface area contributed by atoms with Crippen LogP contribution < -0.4 is 21.4 Å². The Morgan fingerprint density at radius 1 is 1.20 bits per heavy atom. The highest BCUT2D eigenvalue weighted by Crippen LogP contribution is 2.30. The highest BCUT2D eigenvalue weighted by molar-refractivity contribution is 7.21. The second-order valence-electron chi connectivity index (χ2n) is 6.39. The van der Waals surface area contributed by atoms with Crippen LogP contribution in [0.15, 0.2) is 46.2 Å². The van der Waals surface area contributed by atoms with Gasteiger partial charge in [0.15, 0.2) is 5.78 Å². The zero-order chi connectivity index (χ0) is 21.4. The van der Waals surface area contributed by atoms with Gasteiger partial charge in [0.05, 0.1) is 37.0 Å². The molecule has 0 radical (unpaired) electrons. The van der Waals surface area contributed by atoms with E-state index in [9.17, 15) is 14.4 Å². The zero-order valence-corrected chi connectivity index (χ0v) is 17.3. The highest BCUT2D eigenvalue weighted by atomic mass is 32.1. The van der Waals surface area contributed by atoms with Crippen LogP contribution in [0.1, 0.15) is 15.9 Å². The number of Topliss-reactive ketones (excluding diaryl/α,β-unsaturated/α-hetero) is 1. The molecule has 0 spiro atoms. The molecule has 0 atom stereocenters. The molecule has 0 aliphatic rings. The number of para-hydroxylation sites is 1. The summed E-state index contributed by atoms with van der Waals surface area (Å²) < 4.78 is 7.44. The van der Waals surface area contributed by atoms with E-state index in [2.05, 4.69) is 15.6 Å². The molecule has 0 saturated carbocycles. The van der Waals surface area contributed by atoms with Crippen LogP contribution in [-0.4, -0.2) is 44.2 Å². The number of ketones is 1. The summed E-state index contributed by atoms with van der Waals surface area (Å²) in [5.74, 6) is 0.0968. The van der Waals surface area contributed by atoms with E-state index in [1.165, 1.54) is 47.3 Å². The van der Waals surface area contributed by atoms with Crippen LogP contribution in [0.5, 0.6) is 5.75 Å².